The molecule has 0 fully saturated rings. The van der Waals surface area contributed by atoms with Crippen molar-refractivity contribution in [2.75, 3.05) is 13.6 Å². The molecule has 0 bridgehead atoms. The molecule has 0 aromatic carbocycles. The molecular weight excluding hydrogens is 242 g/mol. The van der Waals surface area contributed by atoms with Gasteiger partial charge < -0.3 is 9.72 Å². The van der Waals surface area contributed by atoms with Crippen LogP contribution in [0.5, 0.6) is 0 Å². The van der Waals surface area contributed by atoms with Crippen molar-refractivity contribution >= 4 is 21.6 Å². The molecule has 3 nitrogen and oxygen atoms in total. The summed E-state index contributed by atoms with van der Waals surface area (Å²) in [5.41, 5.74) is 2.10. The van der Waals surface area contributed by atoms with E-state index in [-0.39, 0.29) is 0 Å². The molecule has 2 aromatic heterocycles. The van der Waals surface area contributed by atoms with Crippen LogP contribution >= 0.6 is 15.9 Å². The first-order valence-electron chi connectivity index (χ1n) is 4.58. The molecule has 2 rings (SSSR count). The van der Waals surface area contributed by atoms with Gasteiger partial charge >= 0.3 is 0 Å². The maximum atomic E-state index is 4.53. The Balaban J connectivity index is 2.36. The fourth-order valence-electron chi connectivity index (χ4n) is 1.40. The number of likely N-dealkylation sites (N-methyl/N-ethyl adjacent to an activating group) is 1. The van der Waals surface area contributed by atoms with E-state index in [2.05, 4.69) is 32.4 Å². The van der Waals surface area contributed by atoms with Crippen molar-refractivity contribution in [2.24, 2.45) is 0 Å². The highest BCUT2D eigenvalue weighted by molar-refractivity contribution is 9.10. The molecule has 2 aromatic rings. The second-order valence-corrected chi connectivity index (χ2v) is 4.03. The van der Waals surface area contributed by atoms with Gasteiger partial charge in [-0.2, -0.15) is 0 Å². The van der Waals surface area contributed by atoms with Gasteiger partial charge in [-0.25, -0.2) is 4.98 Å². The number of fused-ring (bicyclic) bond motifs is 1. The Morgan fingerprint density at radius 3 is 3.14 bits per heavy atom. The van der Waals surface area contributed by atoms with Crippen molar-refractivity contribution in [3.05, 3.63) is 34.7 Å². The van der Waals surface area contributed by atoms with Crippen LogP contribution in [-0.2, 0) is 6.42 Å². The number of nitrogens with zero attached hydrogens (tertiary/aromatic N) is 2. The van der Waals surface area contributed by atoms with E-state index >= 15 is 0 Å². The first-order chi connectivity index (χ1) is 6.81. The van der Waals surface area contributed by atoms with Crippen LogP contribution in [0, 0.1) is 0 Å². The zero-order valence-corrected chi connectivity index (χ0v) is 9.58. The lowest BCUT2D eigenvalue weighted by molar-refractivity contribution is 0.780. The fraction of sp³-hybridized carbons (Fsp3) is 0.300. The van der Waals surface area contributed by atoms with Crippen LogP contribution in [0.1, 0.15) is 5.69 Å². The minimum absolute atomic E-state index is 0.960. The van der Waals surface area contributed by atoms with Gasteiger partial charge in [0.2, 0.25) is 0 Å². The molecule has 0 saturated carbocycles. The van der Waals surface area contributed by atoms with E-state index in [1.807, 2.05) is 29.8 Å². The predicted molar refractivity (Wildman–Crippen MR) is 60.5 cm³/mol. The summed E-state index contributed by atoms with van der Waals surface area (Å²) in [5, 5.41) is 3.11. The second kappa shape index (κ2) is 4.11. The number of aromatic nitrogens is 2. The molecule has 0 unspecified atom stereocenters. The first-order valence-corrected chi connectivity index (χ1v) is 5.37. The van der Waals surface area contributed by atoms with Crippen LogP contribution in [0.4, 0.5) is 0 Å². The smallest absolute Gasteiger partial charge is 0.151 e. The lowest BCUT2D eigenvalue weighted by Crippen LogP contribution is -2.10. The van der Waals surface area contributed by atoms with E-state index in [4.69, 9.17) is 0 Å². The molecule has 0 aliphatic carbocycles. The van der Waals surface area contributed by atoms with Crippen molar-refractivity contribution in [1.29, 1.82) is 0 Å². The van der Waals surface area contributed by atoms with E-state index in [0.717, 1.165) is 28.8 Å². The van der Waals surface area contributed by atoms with Gasteiger partial charge in [0.1, 0.15) is 0 Å². The average Bonchev–Trinajstić information content (AvgIpc) is 2.59. The van der Waals surface area contributed by atoms with Gasteiger partial charge in [-0.15, -0.1) is 0 Å². The van der Waals surface area contributed by atoms with E-state index in [1.54, 1.807) is 0 Å². The summed E-state index contributed by atoms with van der Waals surface area (Å²) in [6.07, 6.45) is 5.04. The highest BCUT2D eigenvalue weighted by atomic mass is 79.9. The van der Waals surface area contributed by atoms with E-state index in [0.29, 0.717) is 0 Å². The summed E-state index contributed by atoms with van der Waals surface area (Å²) in [5.74, 6) is 0. The highest BCUT2D eigenvalue weighted by Crippen LogP contribution is 2.16. The van der Waals surface area contributed by atoms with Crippen LogP contribution in [0.25, 0.3) is 5.65 Å². The SMILES string of the molecule is CNCCc1cn2cccc(Br)c2n1. The molecule has 14 heavy (non-hydrogen) atoms. The first kappa shape index (κ1) is 9.68. The molecule has 0 radical (unpaired) electrons. The number of halogens is 1. The summed E-state index contributed by atoms with van der Waals surface area (Å²) < 4.78 is 3.07. The summed E-state index contributed by atoms with van der Waals surface area (Å²) in [4.78, 5) is 4.53. The molecule has 0 aliphatic rings. The van der Waals surface area contributed by atoms with Crippen LogP contribution in [0.3, 0.4) is 0 Å². The van der Waals surface area contributed by atoms with Crippen molar-refractivity contribution in [3.8, 4) is 0 Å². The maximum absolute atomic E-state index is 4.53. The molecule has 2 heterocycles. The molecule has 0 spiro atoms. The quantitative estimate of drug-likeness (QED) is 0.905. The minimum atomic E-state index is 0.960. The molecule has 74 valence electrons. The topological polar surface area (TPSA) is 29.3 Å². The van der Waals surface area contributed by atoms with Gasteiger partial charge in [-0.05, 0) is 35.1 Å². The molecular formula is C10H12BrN3. The average molecular weight is 254 g/mol. The monoisotopic (exact) mass is 253 g/mol. The normalized spacial score (nSPS) is 11.0. The van der Waals surface area contributed by atoms with Crippen molar-refractivity contribution in [2.45, 2.75) is 6.42 Å². The summed E-state index contributed by atoms with van der Waals surface area (Å²) in [6.45, 7) is 0.960. The number of imidazole rings is 1. The molecule has 0 atom stereocenters. The van der Waals surface area contributed by atoms with Gasteiger partial charge in [0, 0.05) is 25.4 Å². The second-order valence-electron chi connectivity index (χ2n) is 3.17. The largest absolute Gasteiger partial charge is 0.319 e. The van der Waals surface area contributed by atoms with Crippen molar-refractivity contribution in [3.63, 3.8) is 0 Å². The molecule has 0 amide bonds. The third-order valence-corrected chi connectivity index (χ3v) is 2.74. The Labute approximate surface area is 91.3 Å². The van der Waals surface area contributed by atoms with Crippen LogP contribution < -0.4 is 5.32 Å². The standard InChI is InChI=1S/C10H12BrN3/c1-12-5-4-8-7-14-6-2-3-9(11)10(14)13-8/h2-3,6-7,12H,4-5H2,1H3. The molecule has 0 aliphatic heterocycles. The lowest BCUT2D eigenvalue weighted by atomic mass is 10.3. The molecule has 1 N–H and O–H groups in total. The van der Waals surface area contributed by atoms with Crippen LogP contribution in [-0.4, -0.2) is 23.0 Å². The zero-order chi connectivity index (χ0) is 9.97. The number of pyridine rings is 1. The predicted octanol–water partition coefficient (Wildman–Crippen LogP) is 1.86. The third-order valence-electron chi connectivity index (χ3n) is 2.12. The van der Waals surface area contributed by atoms with Crippen LogP contribution in [0.15, 0.2) is 29.0 Å². The molecule has 4 heteroatoms. The third kappa shape index (κ3) is 1.81. The fourth-order valence-corrected chi connectivity index (χ4v) is 1.85. The Morgan fingerprint density at radius 2 is 2.43 bits per heavy atom. The van der Waals surface area contributed by atoms with E-state index < -0.39 is 0 Å². The van der Waals surface area contributed by atoms with Gasteiger partial charge in [0.25, 0.3) is 0 Å². The van der Waals surface area contributed by atoms with Gasteiger partial charge in [0.05, 0.1) is 10.2 Å². The number of nitrogens with one attached hydrogen (secondary N) is 1. The van der Waals surface area contributed by atoms with Gasteiger partial charge in [-0.3, -0.25) is 0 Å². The lowest BCUT2D eigenvalue weighted by Gasteiger charge is -1.92. The summed E-state index contributed by atoms with van der Waals surface area (Å²) in [7, 11) is 1.95. The zero-order valence-electron chi connectivity index (χ0n) is 8.00. The van der Waals surface area contributed by atoms with Crippen molar-refractivity contribution in [1.82, 2.24) is 14.7 Å². The summed E-state index contributed by atoms with van der Waals surface area (Å²) >= 11 is 3.48. The number of hydrogen-bond donors (Lipinski definition) is 1. The molecule has 0 saturated heterocycles. The van der Waals surface area contributed by atoms with Gasteiger partial charge in [-0.1, -0.05) is 0 Å². The number of rotatable bonds is 3. The van der Waals surface area contributed by atoms with E-state index in [9.17, 15) is 0 Å². The highest BCUT2D eigenvalue weighted by Gasteiger charge is 2.03. The summed E-state index contributed by atoms with van der Waals surface area (Å²) in [6, 6.07) is 4.00. The Kier molecular flexibility index (Phi) is 2.84. The van der Waals surface area contributed by atoms with Crippen molar-refractivity contribution < 1.29 is 0 Å². The van der Waals surface area contributed by atoms with Gasteiger partial charge in [0.15, 0.2) is 5.65 Å². The Bertz CT molecular complexity index is 436. The van der Waals surface area contributed by atoms with E-state index in [1.165, 1.54) is 0 Å². The maximum Gasteiger partial charge on any atom is 0.151 e. The number of hydrogen-bond acceptors (Lipinski definition) is 2. The minimum Gasteiger partial charge on any atom is -0.319 e. The Morgan fingerprint density at radius 1 is 1.57 bits per heavy atom. The Hall–Kier alpha value is -0.870. The van der Waals surface area contributed by atoms with Crippen LogP contribution in [0.2, 0.25) is 0 Å².